The number of hydrogen-bond acceptors (Lipinski definition) is 5. The molecule has 3 aromatic rings. The molecule has 0 aliphatic carbocycles. The molecule has 2 aromatic carbocycles. The second kappa shape index (κ2) is 9.30. The molecule has 2 amide bonds. The molecule has 9 heteroatoms. The maximum Gasteiger partial charge on any atom is 0.234 e. The van der Waals surface area contributed by atoms with Crippen molar-refractivity contribution in [3.05, 3.63) is 54.1 Å². The highest BCUT2D eigenvalue weighted by Gasteiger charge is 2.38. The van der Waals surface area contributed by atoms with Gasteiger partial charge < -0.3 is 9.80 Å². The van der Waals surface area contributed by atoms with E-state index in [4.69, 9.17) is 0 Å². The highest BCUT2D eigenvalue weighted by atomic mass is 32.1. The summed E-state index contributed by atoms with van der Waals surface area (Å²) in [6.45, 7) is 1.40. The third-order valence-electron chi connectivity index (χ3n) is 5.43. The normalized spacial score (nSPS) is 16.3. The first-order chi connectivity index (χ1) is 15.3. The van der Waals surface area contributed by atoms with Crippen LogP contribution < -0.4 is 9.80 Å². The number of carbonyl (C=O) groups excluding carboxylic acids is 2. The van der Waals surface area contributed by atoms with E-state index in [0.717, 1.165) is 29.6 Å². The number of hydrogen-bond donors (Lipinski definition) is 0. The zero-order chi connectivity index (χ0) is 22.8. The minimum Gasteiger partial charge on any atom is -0.312 e. The molecule has 1 unspecified atom stereocenters. The SMILES string of the molecule is CN(C)CCCN(C(=O)C1CC(=O)N(c2ccccc2)C1)c1nc2c(F)cc(F)cc2s1. The Morgan fingerprint density at radius 1 is 1.19 bits per heavy atom. The number of halogens is 2. The molecule has 1 atom stereocenters. The number of thiazole rings is 1. The second-order valence-corrected chi connectivity index (χ2v) is 9.13. The Morgan fingerprint density at radius 2 is 1.94 bits per heavy atom. The Morgan fingerprint density at radius 3 is 2.66 bits per heavy atom. The van der Waals surface area contributed by atoms with Crippen LogP contribution in [-0.4, -0.2) is 55.4 Å². The molecule has 168 valence electrons. The van der Waals surface area contributed by atoms with Gasteiger partial charge in [-0.25, -0.2) is 13.8 Å². The van der Waals surface area contributed by atoms with E-state index in [-0.39, 0.29) is 30.3 Å². The van der Waals surface area contributed by atoms with E-state index in [9.17, 15) is 18.4 Å². The summed E-state index contributed by atoms with van der Waals surface area (Å²) in [5.74, 6) is -2.31. The molecule has 6 nitrogen and oxygen atoms in total. The first-order valence-corrected chi connectivity index (χ1v) is 11.2. The van der Waals surface area contributed by atoms with Crippen LogP contribution in [0.1, 0.15) is 12.8 Å². The third kappa shape index (κ3) is 4.63. The smallest absolute Gasteiger partial charge is 0.234 e. The molecule has 1 aliphatic rings. The van der Waals surface area contributed by atoms with Crippen molar-refractivity contribution in [2.24, 2.45) is 5.92 Å². The molecule has 0 N–H and O–H groups in total. The van der Waals surface area contributed by atoms with Gasteiger partial charge in [0, 0.05) is 31.3 Å². The van der Waals surface area contributed by atoms with E-state index in [1.165, 1.54) is 11.0 Å². The van der Waals surface area contributed by atoms with Crippen LogP contribution in [0.15, 0.2) is 42.5 Å². The fourth-order valence-corrected chi connectivity index (χ4v) is 4.89. The lowest BCUT2D eigenvalue weighted by Crippen LogP contribution is -2.39. The van der Waals surface area contributed by atoms with Crippen molar-refractivity contribution in [2.75, 3.05) is 43.5 Å². The summed E-state index contributed by atoms with van der Waals surface area (Å²) in [5, 5.41) is 0.318. The van der Waals surface area contributed by atoms with E-state index in [2.05, 4.69) is 4.98 Å². The Bertz CT molecular complexity index is 1140. The van der Waals surface area contributed by atoms with Crippen LogP contribution in [0, 0.1) is 17.6 Å². The number of rotatable bonds is 7. The fraction of sp³-hybridized carbons (Fsp3) is 0.348. The lowest BCUT2D eigenvalue weighted by Gasteiger charge is -2.24. The number of anilines is 2. The number of aromatic nitrogens is 1. The molecule has 0 bridgehead atoms. The maximum atomic E-state index is 14.2. The van der Waals surface area contributed by atoms with E-state index in [0.29, 0.717) is 22.8 Å². The first-order valence-electron chi connectivity index (χ1n) is 10.4. The lowest BCUT2D eigenvalue weighted by molar-refractivity contribution is -0.124. The van der Waals surface area contributed by atoms with Crippen LogP contribution in [0.2, 0.25) is 0 Å². The van der Waals surface area contributed by atoms with Crippen LogP contribution in [0.4, 0.5) is 19.6 Å². The van der Waals surface area contributed by atoms with Gasteiger partial charge in [-0.15, -0.1) is 0 Å². The number of carbonyl (C=O) groups is 2. The minimum absolute atomic E-state index is 0.0465. The van der Waals surface area contributed by atoms with Crippen molar-refractivity contribution >= 4 is 44.2 Å². The summed E-state index contributed by atoms with van der Waals surface area (Å²) in [5.41, 5.74) is 0.801. The quantitative estimate of drug-likeness (QED) is 0.539. The van der Waals surface area contributed by atoms with Gasteiger partial charge in [0.05, 0.1) is 10.6 Å². The van der Waals surface area contributed by atoms with Gasteiger partial charge in [0.1, 0.15) is 11.3 Å². The Balaban J connectivity index is 1.61. The lowest BCUT2D eigenvalue weighted by atomic mass is 10.1. The Kier molecular flexibility index (Phi) is 6.48. The summed E-state index contributed by atoms with van der Waals surface area (Å²) < 4.78 is 28.2. The highest BCUT2D eigenvalue weighted by Crippen LogP contribution is 2.34. The molecule has 32 heavy (non-hydrogen) atoms. The average Bonchev–Trinajstić information content (AvgIpc) is 3.35. The van der Waals surface area contributed by atoms with Crippen molar-refractivity contribution < 1.29 is 18.4 Å². The molecule has 1 aliphatic heterocycles. The Labute approximate surface area is 189 Å². The molecule has 4 rings (SSSR count). The van der Waals surface area contributed by atoms with E-state index in [1.54, 1.807) is 4.90 Å². The van der Waals surface area contributed by atoms with Gasteiger partial charge in [0.15, 0.2) is 10.9 Å². The van der Waals surface area contributed by atoms with Crippen LogP contribution >= 0.6 is 11.3 Å². The molecule has 0 saturated carbocycles. The van der Waals surface area contributed by atoms with Crippen LogP contribution in [-0.2, 0) is 9.59 Å². The molecule has 0 spiro atoms. The summed E-state index contributed by atoms with van der Waals surface area (Å²) in [6, 6.07) is 11.2. The van der Waals surface area contributed by atoms with Gasteiger partial charge in [-0.2, -0.15) is 0 Å². The zero-order valence-electron chi connectivity index (χ0n) is 17.9. The number of para-hydroxylation sites is 1. The molecular formula is C23H24F2N4O2S. The maximum absolute atomic E-state index is 14.2. The fourth-order valence-electron chi connectivity index (χ4n) is 3.86. The average molecular weight is 459 g/mol. The predicted octanol–water partition coefficient (Wildman–Crippen LogP) is 3.91. The van der Waals surface area contributed by atoms with Gasteiger partial charge in [0.25, 0.3) is 0 Å². The van der Waals surface area contributed by atoms with Crippen molar-refractivity contribution in [3.8, 4) is 0 Å². The molecule has 1 aromatic heterocycles. The summed E-state index contributed by atoms with van der Waals surface area (Å²) >= 11 is 1.08. The molecule has 1 fully saturated rings. The molecule has 1 saturated heterocycles. The van der Waals surface area contributed by atoms with E-state index >= 15 is 0 Å². The highest BCUT2D eigenvalue weighted by molar-refractivity contribution is 7.22. The largest absolute Gasteiger partial charge is 0.312 e. The standard InChI is InChI=1S/C23H24F2N4O2S/c1-27(2)9-6-10-28(23-26-21-18(25)12-16(24)13-19(21)32-23)22(31)15-11-20(30)29(14-15)17-7-4-3-5-8-17/h3-5,7-8,12-13,15H,6,9-11,14H2,1-2H3. The van der Waals surface area contributed by atoms with Gasteiger partial charge in [-0.3, -0.25) is 14.5 Å². The van der Waals surface area contributed by atoms with E-state index < -0.39 is 17.6 Å². The predicted molar refractivity (Wildman–Crippen MR) is 122 cm³/mol. The van der Waals surface area contributed by atoms with E-state index in [1.807, 2.05) is 49.3 Å². The van der Waals surface area contributed by atoms with Crippen molar-refractivity contribution in [1.82, 2.24) is 9.88 Å². The monoisotopic (exact) mass is 458 g/mol. The summed E-state index contributed by atoms with van der Waals surface area (Å²) in [4.78, 5) is 35.6. The number of fused-ring (bicyclic) bond motifs is 1. The van der Waals surface area contributed by atoms with Gasteiger partial charge in [0.2, 0.25) is 11.8 Å². The number of benzene rings is 2. The number of amides is 2. The van der Waals surface area contributed by atoms with Crippen molar-refractivity contribution in [2.45, 2.75) is 12.8 Å². The van der Waals surface area contributed by atoms with Crippen LogP contribution in [0.3, 0.4) is 0 Å². The zero-order valence-corrected chi connectivity index (χ0v) is 18.7. The van der Waals surface area contributed by atoms with Gasteiger partial charge in [-0.1, -0.05) is 29.5 Å². The van der Waals surface area contributed by atoms with Crippen LogP contribution in [0.25, 0.3) is 10.2 Å². The number of nitrogens with zero attached hydrogens (tertiary/aromatic N) is 4. The summed E-state index contributed by atoms with van der Waals surface area (Å²) in [6.07, 6.45) is 0.778. The van der Waals surface area contributed by atoms with Crippen molar-refractivity contribution in [1.29, 1.82) is 0 Å². The summed E-state index contributed by atoms with van der Waals surface area (Å²) in [7, 11) is 3.88. The Hall–Kier alpha value is -2.91. The molecule has 2 heterocycles. The van der Waals surface area contributed by atoms with Crippen LogP contribution in [0.5, 0.6) is 0 Å². The van der Waals surface area contributed by atoms with Crippen molar-refractivity contribution in [3.63, 3.8) is 0 Å². The topological polar surface area (TPSA) is 56.8 Å². The molecular weight excluding hydrogens is 434 g/mol. The molecule has 0 radical (unpaired) electrons. The first kappa shape index (κ1) is 22.3. The third-order valence-corrected chi connectivity index (χ3v) is 6.45. The van der Waals surface area contributed by atoms with Gasteiger partial charge >= 0.3 is 0 Å². The van der Waals surface area contributed by atoms with Gasteiger partial charge in [-0.05, 0) is 45.3 Å². The minimum atomic E-state index is -0.755. The second-order valence-electron chi connectivity index (χ2n) is 8.12.